The summed E-state index contributed by atoms with van der Waals surface area (Å²) in [5.41, 5.74) is 2.70. The van der Waals surface area contributed by atoms with E-state index in [1.165, 1.54) is 33.1 Å². The number of aromatic nitrogens is 1. The van der Waals surface area contributed by atoms with Crippen LogP contribution in [-0.4, -0.2) is 23.5 Å². The van der Waals surface area contributed by atoms with Crippen LogP contribution in [0.2, 0.25) is 10.0 Å². The van der Waals surface area contributed by atoms with Crippen molar-refractivity contribution in [3.63, 3.8) is 0 Å². The van der Waals surface area contributed by atoms with Crippen molar-refractivity contribution in [1.29, 1.82) is 0 Å². The standard InChI is InChI=1S/C20H16Cl2N2O3S2/c21-13-6-5-11(7-14(13)22)15-10-28-20(23-15)24-18(25)9-27-19(26)17-8-12-3-1-2-4-16(12)29-17/h5-8,10H,1-4,9H2,(H,23,24,25). The number of hydrogen-bond acceptors (Lipinski definition) is 6. The molecule has 0 unspecified atom stereocenters. The van der Waals surface area contributed by atoms with Crippen LogP contribution in [0.25, 0.3) is 11.3 Å². The molecular weight excluding hydrogens is 451 g/mol. The number of thiophene rings is 1. The first-order valence-corrected chi connectivity index (χ1v) is 11.4. The lowest BCUT2D eigenvalue weighted by Gasteiger charge is -2.08. The Bertz CT molecular complexity index is 1050. The van der Waals surface area contributed by atoms with Gasteiger partial charge in [-0.1, -0.05) is 29.3 Å². The summed E-state index contributed by atoms with van der Waals surface area (Å²) in [5.74, 6) is -0.898. The van der Waals surface area contributed by atoms with E-state index in [2.05, 4.69) is 10.3 Å². The zero-order valence-electron chi connectivity index (χ0n) is 15.2. The van der Waals surface area contributed by atoms with Crippen LogP contribution in [0, 0.1) is 0 Å². The van der Waals surface area contributed by atoms with Gasteiger partial charge in [-0.15, -0.1) is 22.7 Å². The second-order valence-electron chi connectivity index (χ2n) is 6.56. The number of benzene rings is 1. The Morgan fingerprint density at radius 1 is 1.14 bits per heavy atom. The largest absolute Gasteiger partial charge is 0.451 e. The Balaban J connectivity index is 1.33. The molecule has 9 heteroatoms. The average Bonchev–Trinajstić information content (AvgIpc) is 3.35. The van der Waals surface area contributed by atoms with Crippen molar-refractivity contribution < 1.29 is 14.3 Å². The summed E-state index contributed by atoms with van der Waals surface area (Å²) < 4.78 is 5.16. The summed E-state index contributed by atoms with van der Waals surface area (Å²) in [6.45, 7) is -0.358. The summed E-state index contributed by atoms with van der Waals surface area (Å²) in [7, 11) is 0. The van der Waals surface area contributed by atoms with Gasteiger partial charge in [-0.25, -0.2) is 9.78 Å². The molecule has 2 heterocycles. The number of amides is 1. The summed E-state index contributed by atoms with van der Waals surface area (Å²) in [6, 6.07) is 7.10. The summed E-state index contributed by atoms with van der Waals surface area (Å²) in [5, 5.41) is 5.77. The van der Waals surface area contributed by atoms with Gasteiger partial charge < -0.3 is 4.74 Å². The Labute approximate surface area is 185 Å². The van der Waals surface area contributed by atoms with Crippen molar-refractivity contribution >= 4 is 62.9 Å². The van der Waals surface area contributed by atoms with Gasteiger partial charge in [-0.2, -0.15) is 0 Å². The normalized spacial score (nSPS) is 13.0. The Hall–Kier alpha value is -1.93. The monoisotopic (exact) mass is 466 g/mol. The number of halogens is 2. The van der Waals surface area contributed by atoms with Crippen LogP contribution in [-0.2, 0) is 22.4 Å². The second-order valence-corrected chi connectivity index (χ2v) is 9.37. The number of hydrogen-bond donors (Lipinski definition) is 1. The van der Waals surface area contributed by atoms with E-state index in [0.29, 0.717) is 25.7 Å². The lowest BCUT2D eigenvalue weighted by Crippen LogP contribution is -2.20. The van der Waals surface area contributed by atoms with Crippen molar-refractivity contribution in [3.8, 4) is 11.3 Å². The van der Waals surface area contributed by atoms with E-state index in [0.717, 1.165) is 31.2 Å². The van der Waals surface area contributed by atoms with E-state index in [9.17, 15) is 9.59 Å². The quantitative estimate of drug-likeness (QED) is 0.478. The SMILES string of the molecule is O=C(COC(=O)c1cc2c(s1)CCCC2)Nc1nc(-c2ccc(Cl)c(Cl)c2)cs1. The van der Waals surface area contributed by atoms with E-state index >= 15 is 0 Å². The van der Waals surface area contributed by atoms with Gasteiger partial charge in [-0.05, 0) is 49.4 Å². The Morgan fingerprint density at radius 2 is 1.97 bits per heavy atom. The number of anilines is 1. The first kappa shape index (κ1) is 20.3. The van der Waals surface area contributed by atoms with Gasteiger partial charge in [-0.3, -0.25) is 10.1 Å². The lowest BCUT2D eigenvalue weighted by molar-refractivity contribution is -0.119. The minimum atomic E-state index is -0.463. The summed E-state index contributed by atoms with van der Waals surface area (Å²) in [6.07, 6.45) is 4.32. The molecular formula is C20H16Cl2N2O3S2. The van der Waals surface area contributed by atoms with Gasteiger partial charge in [0.15, 0.2) is 11.7 Å². The van der Waals surface area contributed by atoms with E-state index < -0.39 is 11.9 Å². The number of rotatable bonds is 5. The molecule has 0 radical (unpaired) electrons. The molecule has 29 heavy (non-hydrogen) atoms. The van der Waals surface area contributed by atoms with Crippen molar-refractivity contribution in [3.05, 3.63) is 55.0 Å². The topological polar surface area (TPSA) is 68.3 Å². The molecule has 0 spiro atoms. The van der Waals surface area contributed by atoms with Gasteiger partial charge in [0.1, 0.15) is 4.88 Å². The minimum absolute atomic E-state index is 0.358. The maximum atomic E-state index is 12.2. The summed E-state index contributed by atoms with van der Waals surface area (Å²) in [4.78, 5) is 30.5. The summed E-state index contributed by atoms with van der Waals surface area (Å²) >= 11 is 14.7. The fourth-order valence-electron chi connectivity index (χ4n) is 3.07. The molecule has 150 valence electrons. The molecule has 0 bridgehead atoms. The van der Waals surface area contributed by atoms with E-state index in [-0.39, 0.29) is 6.61 Å². The molecule has 4 rings (SSSR count). The maximum absolute atomic E-state index is 12.2. The van der Waals surface area contributed by atoms with Crippen molar-refractivity contribution in [2.24, 2.45) is 0 Å². The van der Waals surface area contributed by atoms with E-state index in [1.54, 1.807) is 23.6 Å². The molecule has 1 aromatic carbocycles. The number of thiazole rings is 1. The molecule has 1 aliphatic carbocycles. The zero-order valence-corrected chi connectivity index (χ0v) is 18.3. The number of carbonyl (C=O) groups excluding carboxylic acids is 2. The van der Waals surface area contributed by atoms with Crippen molar-refractivity contribution in [2.75, 3.05) is 11.9 Å². The number of esters is 1. The molecule has 5 nitrogen and oxygen atoms in total. The molecule has 0 fully saturated rings. The molecule has 0 aliphatic heterocycles. The van der Waals surface area contributed by atoms with Gasteiger partial charge in [0.25, 0.3) is 5.91 Å². The third-order valence-electron chi connectivity index (χ3n) is 4.50. The van der Waals surface area contributed by atoms with Crippen LogP contribution >= 0.6 is 45.9 Å². The van der Waals surface area contributed by atoms with Gasteiger partial charge >= 0.3 is 5.97 Å². The minimum Gasteiger partial charge on any atom is -0.451 e. The number of fused-ring (bicyclic) bond motifs is 1. The lowest BCUT2D eigenvalue weighted by atomic mass is 9.99. The third kappa shape index (κ3) is 4.80. The molecule has 0 saturated carbocycles. The smallest absolute Gasteiger partial charge is 0.348 e. The number of nitrogens with one attached hydrogen (secondary N) is 1. The molecule has 1 N–H and O–H groups in total. The van der Waals surface area contributed by atoms with Gasteiger partial charge in [0, 0.05) is 15.8 Å². The molecule has 0 saturated heterocycles. The van der Waals surface area contributed by atoms with Gasteiger partial charge in [0.05, 0.1) is 15.7 Å². The number of ether oxygens (including phenoxy) is 1. The third-order valence-corrected chi connectivity index (χ3v) is 7.21. The number of aryl methyl sites for hydroxylation is 2. The number of nitrogens with zero attached hydrogens (tertiary/aromatic N) is 1. The molecule has 1 amide bonds. The van der Waals surface area contributed by atoms with E-state index in [4.69, 9.17) is 27.9 Å². The highest BCUT2D eigenvalue weighted by atomic mass is 35.5. The van der Waals surface area contributed by atoms with Crippen LogP contribution < -0.4 is 5.32 Å². The molecule has 1 aliphatic rings. The number of carbonyl (C=O) groups is 2. The zero-order chi connectivity index (χ0) is 20.4. The van der Waals surface area contributed by atoms with Gasteiger partial charge in [0.2, 0.25) is 0 Å². The molecule has 2 aromatic heterocycles. The molecule has 0 atom stereocenters. The second kappa shape index (κ2) is 8.83. The Morgan fingerprint density at radius 3 is 2.76 bits per heavy atom. The fraction of sp³-hybridized carbons (Fsp3) is 0.250. The van der Waals surface area contributed by atoms with Crippen LogP contribution in [0.3, 0.4) is 0 Å². The average molecular weight is 467 g/mol. The van der Waals surface area contributed by atoms with Crippen molar-refractivity contribution in [1.82, 2.24) is 4.98 Å². The fourth-order valence-corrected chi connectivity index (χ4v) is 5.25. The highest BCUT2D eigenvalue weighted by molar-refractivity contribution is 7.14. The Kier molecular flexibility index (Phi) is 6.20. The van der Waals surface area contributed by atoms with Crippen LogP contribution in [0.1, 0.15) is 33.0 Å². The van der Waals surface area contributed by atoms with Crippen molar-refractivity contribution in [2.45, 2.75) is 25.7 Å². The highest BCUT2D eigenvalue weighted by Crippen LogP contribution is 2.31. The van der Waals surface area contributed by atoms with Crippen LogP contribution in [0.15, 0.2) is 29.6 Å². The highest BCUT2D eigenvalue weighted by Gasteiger charge is 2.19. The predicted molar refractivity (Wildman–Crippen MR) is 117 cm³/mol. The van der Waals surface area contributed by atoms with E-state index in [1.807, 2.05) is 6.07 Å². The first-order valence-electron chi connectivity index (χ1n) is 8.99. The van der Waals surface area contributed by atoms with Crippen LogP contribution in [0.5, 0.6) is 0 Å². The maximum Gasteiger partial charge on any atom is 0.348 e. The molecule has 3 aromatic rings. The van der Waals surface area contributed by atoms with Crippen LogP contribution in [0.4, 0.5) is 5.13 Å². The predicted octanol–water partition coefficient (Wildman–Crippen LogP) is 5.85. The first-order chi connectivity index (χ1) is 14.0.